The van der Waals surface area contributed by atoms with Crippen molar-refractivity contribution >= 4 is 15.9 Å². The molecule has 1 fully saturated rings. The van der Waals surface area contributed by atoms with Gasteiger partial charge in [0.2, 0.25) is 10.0 Å². The lowest BCUT2D eigenvalue weighted by Gasteiger charge is -2.19. The fourth-order valence-electron chi connectivity index (χ4n) is 2.88. The zero-order chi connectivity index (χ0) is 17.8. The molecule has 2 rings (SSSR count). The number of carbonyl (C=O) groups is 1. The van der Waals surface area contributed by atoms with E-state index in [4.69, 9.17) is 0 Å². The Bertz CT molecular complexity index is 654. The average Bonchev–Trinajstić information content (AvgIpc) is 2.98. The standard InChI is InChI=1S/C18H28N2O3S/c1-18(2,3)15-10-8-14(9-11-15)17(21)19-12-13-24(22,23)20-16-6-4-5-7-16/h8-11,16,20H,4-7,12-13H2,1-3H3,(H,19,21). The summed E-state index contributed by atoms with van der Waals surface area (Å²) in [4.78, 5) is 12.1. The monoisotopic (exact) mass is 352 g/mol. The molecule has 1 aliphatic rings. The van der Waals surface area contributed by atoms with Crippen LogP contribution in [0.5, 0.6) is 0 Å². The van der Waals surface area contributed by atoms with Gasteiger partial charge in [0.05, 0.1) is 5.75 Å². The van der Waals surface area contributed by atoms with Crippen molar-refractivity contribution in [3.8, 4) is 0 Å². The maximum absolute atomic E-state index is 12.1. The summed E-state index contributed by atoms with van der Waals surface area (Å²) < 4.78 is 26.7. The van der Waals surface area contributed by atoms with Gasteiger partial charge in [-0.2, -0.15) is 0 Å². The van der Waals surface area contributed by atoms with Crippen LogP contribution >= 0.6 is 0 Å². The fourth-order valence-corrected chi connectivity index (χ4v) is 4.11. The second-order valence-electron chi connectivity index (χ2n) is 7.50. The molecule has 0 heterocycles. The van der Waals surface area contributed by atoms with Crippen LogP contribution in [-0.4, -0.2) is 32.7 Å². The maximum Gasteiger partial charge on any atom is 0.251 e. The molecule has 1 amide bonds. The number of hydrogen-bond acceptors (Lipinski definition) is 3. The quantitative estimate of drug-likeness (QED) is 0.826. The SMILES string of the molecule is CC(C)(C)c1ccc(C(=O)NCCS(=O)(=O)NC2CCCC2)cc1. The van der Waals surface area contributed by atoms with Crippen molar-refractivity contribution in [2.45, 2.75) is 57.9 Å². The first-order valence-electron chi connectivity index (χ1n) is 8.56. The van der Waals surface area contributed by atoms with Crippen molar-refractivity contribution in [1.29, 1.82) is 0 Å². The van der Waals surface area contributed by atoms with Crippen molar-refractivity contribution in [3.05, 3.63) is 35.4 Å². The summed E-state index contributed by atoms with van der Waals surface area (Å²) in [5.41, 5.74) is 1.74. The van der Waals surface area contributed by atoms with Crippen LogP contribution in [0.4, 0.5) is 0 Å². The van der Waals surface area contributed by atoms with E-state index in [-0.39, 0.29) is 29.7 Å². The number of hydrogen-bond donors (Lipinski definition) is 2. The zero-order valence-electron chi connectivity index (χ0n) is 14.8. The van der Waals surface area contributed by atoms with E-state index in [2.05, 4.69) is 30.8 Å². The van der Waals surface area contributed by atoms with E-state index in [0.29, 0.717) is 5.56 Å². The summed E-state index contributed by atoms with van der Waals surface area (Å²) >= 11 is 0. The van der Waals surface area contributed by atoms with Crippen molar-refractivity contribution in [3.63, 3.8) is 0 Å². The van der Waals surface area contributed by atoms with Gasteiger partial charge in [-0.1, -0.05) is 45.7 Å². The highest BCUT2D eigenvalue weighted by molar-refractivity contribution is 7.89. The van der Waals surface area contributed by atoms with Crippen LogP contribution in [-0.2, 0) is 15.4 Å². The predicted octanol–water partition coefficient (Wildman–Crippen LogP) is 2.58. The van der Waals surface area contributed by atoms with Gasteiger partial charge in [0.25, 0.3) is 5.91 Å². The molecular weight excluding hydrogens is 324 g/mol. The van der Waals surface area contributed by atoms with E-state index >= 15 is 0 Å². The van der Waals surface area contributed by atoms with Crippen LogP contribution in [0.25, 0.3) is 0 Å². The van der Waals surface area contributed by atoms with E-state index in [9.17, 15) is 13.2 Å². The molecule has 1 aliphatic carbocycles. The molecule has 0 aliphatic heterocycles. The molecule has 1 saturated carbocycles. The summed E-state index contributed by atoms with van der Waals surface area (Å²) in [5.74, 6) is -0.332. The largest absolute Gasteiger partial charge is 0.351 e. The highest BCUT2D eigenvalue weighted by Crippen LogP contribution is 2.22. The van der Waals surface area contributed by atoms with Crippen LogP contribution in [0.1, 0.15) is 62.4 Å². The summed E-state index contributed by atoms with van der Waals surface area (Å²) in [5, 5.41) is 2.68. The summed E-state index contributed by atoms with van der Waals surface area (Å²) in [6.07, 6.45) is 3.97. The lowest BCUT2D eigenvalue weighted by molar-refractivity contribution is 0.0956. The van der Waals surface area contributed by atoms with Gasteiger partial charge in [-0.15, -0.1) is 0 Å². The molecule has 0 aromatic heterocycles. The first-order valence-corrected chi connectivity index (χ1v) is 10.2. The highest BCUT2D eigenvalue weighted by atomic mass is 32.2. The molecule has 2 N–H and O–H groups in total. The molecule has 6 heteroatoms. The molecule has 0 atom stereocenters. The Balaban J connectivity index is 1.82. The van der Waals surface area contributed by atoms with Crippen molar-refractivity contribution in [1.82, 2.24) is 10.0 Å². The number of rotatable bonds is 6. The number of carbonyl (C=O) groups excluding carboxylic acids is 1. The molecule has 134 valence electrons. The van der Waals surface area contributed by atoms with Gasteiger partial charge in [0.1, 0.15) is 0 Å². The number of sulfonamides is 1. The third kappa shape index (κ3) is 5.60. The third-order valence-corrected chi connectivity index (χ3v) is 5.80. The lowest BCUT2D eigenvalue weighted by atomic mass is 9.87. The second-order valence-corrected chi connectivity index (χ2v) is 9.37. The second kappa shape index (κ2) is 7.66. The minimum Gasteiger partial charge on any atom is -0.351 e. The molecule has 1 aromatic carbocycles. The minimum atomic E-state index is -3.33. The Morgan fingerprint density at radius 3 is 2.25 bits per heavy atom. The Labute approximate surface area is 145 Å². The van der Waals surface area contributed by atoms with Crippen molar-refractivity contribution in [2.75, 3.05) is 12.3 Å². The van der Waals surface area contributed by atoms with Crippen LogP contribution in [0, 0.1) is 0 Å². The topological polar surface area (TPSA) is 75.3 Å². The van der Waals surface area contributed by atoms with Crippen molar-refractivity contribution in [2.24, 2.45) is 0 Å². The number of nitrogens with one attached hydrogen (secondary N) is 2. The van der Waals surface area contributed by atoms with Crippen LogP contribution < -0.4 is 10.0 Å². The first-order chi connectivity index (χ1) is 11.2. The normalized spacial score (nSPS) is 16.3. The summed E-state index contributed by atoms with van der Waals surface area (Å²) in [6.45, 7) is 6.46. The van der Waals surface area contributed by atoms with E-state index in [0.717, 1.165) is 31.2 Å². The van der Waals surface area contributed by atoms with Crippen LogP contribution in [0.3, 0.4) is 0 Å². The smallest absolute Gasteiger partial charge is 0.251 e. The van der Waals surface area contributed by atoms with Crippen LogP contribution in [0.2, 0.25) is 0 Å². The average molecular weight is 353 g/mol. The van der Waals surface area contributed by atoms with Crippen molar-refractivity contribution < 1.29 is 13.2 Å². The number of benzene rings is 1. The third-order valence-electron chi connectivity index (χ3n) is 4.37. The Hall–Kier alpha value is -1.40. The summed E-state index contributed by atoms with van der Waals surface area (Å²) in [6, 6.07) is 7.50. The lowest BCUT2D eigenvalue weighted by Crippen LogP contribution is -2.38. The van der Waals surface area contributed by atoms with Gasteiger partial charge in [-0.25, -0.2) is 13.1 Å². The van der Waals surface area contributed by atoms with Gasteiger partial charge in [0, 0.05) is 18.2 Å². The Kier molecular flexibility index (Phi) is 6.04. The van der Waals surface area contributed by atoms with Gasteiger partial charge in [-0.3, -0.25) is 4.79 Å². The van der Waals surface area contributed by atoms with E-state index < -0.39 is 10.0 Å². The molecule has 0 radical (unpaired) electrons. The number of amides is 1. The maximum atomic E-state index is 12.1. The van der Waals surface area contributed by atoms with Crippen LogP contribution in [0.15, 0.2) is 24.3 Å². The molecule has 24 heavy (non-hydrogen) atoms. The van der Waals surface area contributed by atoms with Gasteiger partial charge < -0.3 is 5.32 Å². The molecule has 0 unspecified atom stereocenters. The summed E-state index contributed by atoms with van der Waals surface area (Å²) in [7, 11) is -3.33. The van der Waals surface area contributed by atoms with Gasteiger partial charge in [0.15, 0.2) is 0 Å². The van der Waals surface area contributed by atoms with Gasteiger partial charge in [-0.05, 0) is 36.0 Å². The molecule has 0 spiro atoms. The molecule has 5 nitrogen and oxygen atoms in total. The fraction of sp³-hybridized carbons (Fsp3) is 0.611. The first kappa shape index (κ1) is 18.9. The Morgan fingerprint density at radius 2 is 1.71 bits per heavy atom. The molecular formula is C18H28N2O3S. The highest BCUT2D eigenvalue weighted by Gasteiger charge is 2.21. The van der Waals surface area contributed by atoms with E-state index in [1.165, 1.54) is 0 Å². The van der Waals surface area contributed by atoms with E-state index in [1.807, 2.05) is 12.1 Å². The van der Waals surface area contributed by atoms with E-state index in [1.54, 1.807) is 12.1 Å². The molecule has 0 saturated heterocycles. The minimum absolute atomic E-state index is 0.0367. The zero-order valence-corrected chi connectivity index (χ0v) is 15.6. The molecule has 1 aromatic rings. The molecule has 0 bridgehead atoms. The predicted molar refractivity (Wildman–Crippen MR) is 96.7 cm³/mol. The Morgan fingerprint density at radius 1 is 1.12 bits per heavy atom. The van der Waals surface area contributed by atoms with Gasteiger partial charge >= 0.3 is 0 Å².